The minimum atomic E-state index is -1.71. The molecule has 0 aromatic carbocycles. The summed E-state index contributed by atoms with van der Waals surface area (Å²) in [7, 11) is 0. The van der Waals surface area contributed by atoms with Crippen molar-refractivity contribution in [3.8, 4) is 0 Å². The van der Waals surface area contributed by atoms with Gasteiger partial charge in [-0.2, -0.15) is 0 Å². The van der Waals surface area contributed by atoms with E-state index in [9.17, 15) is 51.1 Å². The van der Waals surface area contributed by atoms with E-state index in [4.69, 9.17) is 18.9 Å². The van der Waals surface area contributed by atoms with E-state index in [1.807, 2.05) is 13.0 Å². The van der Waals surface area contributed by atoms with E-state index < -0.39 is 84.3 Å². The summed E-state index contributed by atoms with van der Waals surface area (Å²) in [6.07, 6.45) is -4.73. The number of hydrogen-bond donors (Lipinski definition) is 10. The van der Waals surface area contributed by atoms with Crippen LogP contribution in [0, 0.1) is 44.8 Å². The van der Waals surface area contributed by atoms with Crippen molar-refractivity contribution in [1.82, 2.24) is 0 Å². The first-order chi connectivity index (χ1) is 25.9. The van der Waals surface area contributed by atoms with Crippen LogP contribution in [0.3, 0.4) is 0 Å². The van der Waals surface area contributed by atoms with Crippen molar-refractivity contribution in [3.63, 3.8) is 0 Å². The summed E-state index contributed by atoms with van der Waals surface area (Å²) in [5.41, 5.74) is -1.07. The predicted molar refractivity (Wildman–Crippen MR) is 198 cm³/mol. The minimum absolute atomic E-state index is 0.0177. The molecular weight excluding hydrogens is 716 g/mol. The fourth-order valence-electron chi connectivity index (χ4n) is 13.1. The van der Waals surface area contributed by atoms with Gasteiger partial charge in [0, 0.05) is 17.4 Å². The first-order valence-electron chi connectivity index (χ1n) is 20.7. The number of allylic oxidation sites excluding steroid dienone is 1. The van der Waals surface area contributed by atoms with Gasteiger partial charge in [-0.15, -0.1) is 0 Å². The number of rotatable bonds is 11. The molecule has 6 rings (SSSR count). The van der Waals surface area contributed by atoms with Crippen LogP contribution in [0.4, 0.5) is 0 Å². The van der Waals surface area contributed by atoms with Gasteiger partial charge in [-0.25, -0.2) is 0 Å². The lowest BCUT2D eigenvalue weighted by Crippen LogP contribution is -2.69. The summed E-state index contributed by atoms with van der Waals surface area (Å²) in [4.78, 5) is 0. The maximum Gasteiger partial charge on any atom is 0.187 e. The van der Waals surface area contributed by atoms with E-state index in [2.05, 4.69) is 27.7 Å². The van der Waals surface area contributed by atoms with Gasteiger partial charge in [0.1, 0.15) is 42.7 Å². The number of aliphatic hydroxyl groups is 10. The Balaban J connectivity index is 1.20. The van der Waals surface area contributed by atoms with Gasteiger partial charge < -0.3 is 70.0 Å². The fourth-order valence-corrected chi connectivity index (χ4v) is 13.1. The highest BCUT2D eigenvalue weighted by molar-refractivity contribution is 5.19. The van der Waals surface area contributed by atoms with Crippen molar-refractivity contribution in [2.45, 2.75) is 166 Å². The summed E-state index contributed by atoms with van der Waals surface area (Å²) in [6.45, 7) is 9.96. The normalized spacial score (nSPS) is 51.5. The molecule has 2 aliphatic heterocycles. The van der Waals surface area contributed by atoms with Gasteiger partial charge in [-0.1, -0.05) is 39.3 Å². The first-order valence-corrected chi connectivity index (χ1v) is 20.7. The highest BCUT2D eigenvalue weighted by atomic mass is 16.8. The molecule has 318 valence electrons. The molecule has 14 heteroatoms. The molecule has 0 bridgehead atoms. The molecule has 4 aliphatic carbocycles. The van der Waals surface area contributed by atoms with Crippen LogP contribution in [-0.4, -0.2) is 152 Å². The zero-order valence-corrected chi connectivity index (χ0v) is 33.4. The Hall–Kier alpha value is -0.820. The molecule has 55 heavy (non-hydrogen) atoms. The lowest BCUT2D eigenvalue weighted by Gasteiger charge is -2.73. The Morgan fingerprint density at radius 3 is 2.13 bits per heavy atom. The molecule has 2 saturated heterocycles. The van der Waals surface area contributed by atoms with E-state index in [1.54, 1.807) is 0 Å². The van der Waals surface area contributed by atoms with Crippen molar-refractivity contribution in [3.05, 3.63) is 11.6 Å². The monoisotopic (exact) mass is 786 g/mol. The molecule has 18 atom stereocenters. The van der Waals surface area contributed by atoms with Gasteiger partial charge in [-0.05, 0) is 105 Å². The van der Waals surface area contributed by atoms with E-state index in [-0.39, 0.29) is 61.1 Å². The number of fused-ring (bicyclic) bond motifs is 5. The summed E-state index contributed by atoms with van der Waals surface area (Å²) in [5.74, 6) is 0.317. The Bertz CT molecular complexity index is 1350. The lowest BCUT2D eigenvalue weighted by molar-refractivity contribution is -0.367. The molecule has 2 heterocycles. The van der Waals surface area contributed by atoms with Crippen LogP contribution in [-0.2, 0) is 18.9 Å². The van der Waals surface area contributed by atoms with E-state index in [1.165, 1.54) is 0 Å². The number of hydrogen-bond acceptors (Lipinski definition) is 14. The second-order valence-corrected chi connectivity index (χ2v) is 19.3. The standard InChI is InChI=1S/C41H70O14/c1-22(17-42)7-6-12-40(20-44)15-16-41(21-45)23(34(40)51)8-9-27-38(4)13-11-28(37(2,3)26(38)10-14-39(27,41)5)54-36-33(29(47)24(46)19-52-36)55-35-32(50)31(49)30(48)25(18-43)53-35/h7,23-36,42-51H,6,8-21H2,1-5H3/b22-7-/t23-,24+,25-,26+,27-,28+,29+,30+,31+,32-,33-,34-,35+,36-,38+,39-,40-,41+/m1/s1. The second kappa shape index (κ2) is 16.3. The van der Waals surface area contributed by atoms with Crippen LogP contribution in [0.5, 0.6) is 0 Å². The molecule has 0 amide bonds. The largest absolute Gasteiger partial charge is 0.396 e. The third-order valence-corrected chi connectivity index (χ3v) is 16.5. The van der Waals surface area contributed by atoms with Crippen molar-refractivity contribution in [1.29, 1.82) is 0 Å². The lowest BCUT2D eigenvalue weighted by atomic mass is 9.32. The molecule has 6 fully saturated rings. The van der Waals surface area contributed by atoms with E-state index >= 15 is 0 Å². The minimum Gasteiger partial charge on any atom is -0.396 e. The maximum atomic E-state index is 12.2. The summed E-state index contributed by atoms with van der Waals surface area (Å²) < 4.78 is 24.2. The molecule has 0 aromatic heterocycles. The molecule has 0 aromatic rings. The molecule has 4 saturated carbocycles. The molecular formula is C41H70O14. The zero-order valence-electron chi connectivity index (χ0n) is 33.4. The number of aliphatic hydroxyl groups excluding tert-OH is 10. The quantitative estimate of drug-likeness (QED) is 0.103. The van der Waals surface area contributed by atoms with Gasteiger partial charge in [-0.3, -0.25) is 0 Å². The van der Waals surface area contributed by atoms with Crippen LogP contribution < -0.4 is 0 Å². The average Bonchev–Trinajstić information content (AvgIpc) is 3.16. The first kappa shape index (κ1) is 43.8. The summed E-state index contributed by atoms with van der Waals surface area (Å²) in [6, 6.07) is 0. The van der Waals surface area contributed by atoms with Gasteiger partial charge in [0.05, 0.1) is 38.6 Å². The second-order valence-electron chi connectivity index (χ2n) is 19.3. The molecule has 0 radical (unpaired) electrons. The Morgan fingerprint density at radius 1 is 0.745 bits per heavy atom. The number of ether oxygens (including phenoxy) is 4. The van der Waals surface area contributed by atoms with E-state index in [0.29, 0.717) is 25.7 Å². The van der Waals surface area contributed by atoms with Crippen LogP contribution >= 0.6 is 0 Å². The van der Waals surface area contributed by atoms with Crippen molar-refractivity contribution in [2.75, 3.05) is 33.0 Å². The third kappa shape index (κ3) is 7.09. The van der Waals surface area contributed by atoms with Crippen LogP contribution in [0.15, 0.2) is 11.6 Å². The fraction of sp³-hybridized carbons (Fsp3) is 0.951. The predicted octanol–water partition coefficient (Wildman–Crippen LogP) is 0.735. The summed E-state index contributed by atoms with van der Waals surface area (Å²) >= 11 is 0. The Morgan fingerprint density at radius 2 is 1.47 bits per heavy atom. The zero-order chi connectivity index (χ0) is 40.3. The van der Waals surface area contributed by atoms with Gasteiger partial charge in [0.25, 0.3) is 0 Å². The van der Waals surface area contributed by atoms with Gasteiger partial charge in [0.15, 0.2) is 12.6 Å². The van der Waals surface area contributed by atoms with Crippen LogP contribution in [0.1, 0.15) is 98.8 Å². The Labute approximate surface area is 325 Å². The highest BCUT2D eigenvalue weighted by Gasteiger charge is 2.71. The Kier molecular flexibility index (Phi) is 13.0. The van der Waals surface area contributed by atoms with Gasteiger partial charge in [0.2, 0.25) is 0 Å². The third-order valence-electron chi connectivity index (χ3n) is 16.5. The molecule has 6 aliphatic rings. The molecule has 10 N–H and O–H groups in total. The van der Waals surface area contributed by atoms with Crippen molar-refractivity contribution in [2.24, 2.45) is 44.8 Å². The van der Waals surface area contributed by atoms with Crippen molar-refractivity contribution < 1.29 is 70.0 Å². The van der Waals surface area contributed by atoms with Crippen LogP contribution in [0.2, 0.25) is 0 Å². The van der Waals surface area contributed by atoms with Crippen molar-refractivity contribution >= 4 is 0 Å². The highest BCUT2D eigenvalue weighted by Crippen LogP contribution is 2.75. The SMILES string of the molecule is C/C(=C/CC[C@]1(CO)CC[C@]2(CO)[C@H](CC[C@@H]3[C@@]4(C)CC[C@H](O[C@H]5OC[C@H](O)[C@H](O)[C@H]5O[C@@H]5O[C@H](CO)[C@H](O)[C@H](O)[C@H]5O)C(C)(C)[C@@H]4CC[C@]32C)[C@H]1O)CO. The molecule has 14 nitrogen and oxygen atoms in total. The molecule has 0 spiro atoms. The molecule has 0 unspecified atom stereocenters. The summed E-state index contributed by atoms with van der Waals surface area (Å²) in [5, 5.41) is 106. The smallest absolute Gasteiger partial charge is 0.187 e. The van der Waals surface area contributed by atoms with Gasteiger partial charge >= 0.3 is 0 Å². The van der Waals surface area contributed by atoms with E-state index in [0.717, 1.165) is 44.1 Å². The maximum absolute atomic E-state index is 12.2. The van der Waals surface area contributed by atoms with Crippen LogP contribution in [0.25, 0.3) is 0 Å². The average molecular weight is 787 g/mol. The topological polar surface area (TPSA) is 239 Å².